The number of hydrogen-bond donors (Lipinski definition) is 3. The van der Waals surface area contributed by atoms with E-state index in [2.05, 4.69) is 25.8 Å². The maximum Gasteiger partial charge on any atom is 0.352 e. The van der Waals surface area contributed by atoms with E-state index in [1.807, 2.05) is 6.07 Å². The molecule has 2 atom stereocenters. The Morgan fingerprint density at radius 2 is 2.20 bits per heavy atom. The molecule has 35 heavy (non-hydrogen) atoms. The Morgan fingerprint density at radius 3 is 2.89 bits per heavy atom. The van der Waals surface area contributed by atoms with Gasteiger partial charge >= 0.3 is 5.97 Å². The van der Waals surface area contributed by atoms with E-state index in [-0.39, 0.29) is 22.2 Å². The third-order valence-electron chi connectivity index (χ3n) is 4.98. The third kappa shape index (κ3) is 4.93. The number of thiazole rings is 1. The number of thioether (sulfide) groups is 1. The number of nitrogens with zero attached hydrogens (tertiary/aromatic N) is 4. The van der Waals surface area contributed by atoms with Gasteiger partial charge in [0.1, 0.15) is 29.9 Å². The molecule has 0 radical (unpaired) electrons. The Morgan fingerprint density at radius 1 is 1.37 bits per heavy atom. The number of β-lactam (4-membered cyclic amide) rings is 1. The van der Waals surface area contributed by atoms with Crippen molar-refractivity contribution in [3.8, 4) is 0 Å². The van der Waals surface area contributed by atoms with Crippen LogP contribution < -0.4 is 10.6 Å². The van der Waals surface area contributed by atoms with Gasteiger partial charge in [0.15, 0.2) is 10.8 Å². The number of nitrogens with one attached hydrogen (secondary N) is 2. The van der Waals surface area contributed by atoms with E-state index in [1.54, 1.807) is 30.6 Å². The molecule has 4 heterocycles. The smallest absolute Gasteiger partial charge is 0.352 e. The first-order valence-electron chi connectivity index (χ1n) is 10.0. The van der Waals surface area contributed by atoms with E-state index in [0.717, 1.165) is 16.9 Å². The van der Waals surface area contributed by atoms with Crippen molar-refractivity contribution in [2.75, 3.05) is 18.2 Å². The van der Waals surface area contributed by atoms with E-state index >= 15 is 0 Å². The average Bonchev–Trinajstić information content (AvgIpc) is 3.32. The number of rotatable bonds is 9. The van der Waals surface area contributed by atoms with Crippen LogP contribution in [0.5, 0.6) is 0 Å². The quantitative estimate of drug-likeness (QED) is 0.191. The number of hydrogen-bond acceptors (Lipinski definition) is 10. The van der Waals surface area contributed by atoms with Gasteiger partial charge in [-0.05, 0) is 17.2 Å². The number of carboxylic acid groups (broad SMARTS) is 1. The molecule has 180 valence electrons. The highest BCUT2D eigenvalue weighted by Gasteiger charge is 2.54. The zero-order valence-corrected chi connectivity index (χ0v) is 19.7. The lowest BCUT2D eigenvalue weighted by atomic mass is 10.0. The van der Waals surface area contributed by atoms with Gasteiger partial charge < -0.3 is 20.6 Å². The molecule has 2 aromatic heterocycles. The van der Waals surface area contributed by atoms with Crippen LogP contribution >= 0.6 is 23.1 Å². The van der Waals surface area contributed by atoms with Crippen molar-refractivity contribution in [3.63, 3.8) is 0 Å². The number of amides is 3. The highest BCUT2D eigenvalue weighted by atomic mass is 32.2. The Balaban J connectivity index is 1.52. The molecule has 1 saturated heterocycles. The minimum absolute atomic E-state index is 0.126. The first kappa shape index (κ1) is 24.1. The fourth-order valence-corrected chi connectivity index (χ4v) is 5.42. The standard InChI is InChI=1S/C21H18N6O6S2/c1-33-26-14(13-9-35-21(24-13)23-10-28)17(29)25-15-18(30)27-16(20(31)32)12(8-34-19(15)27)5-4-11-3-2-6-22-7-11/h2-7,9-10,15,19H,8H2,1H3,(H,25,29)(H,31,32)(H,23,24,28)/b5-4+,26-14-/t15?,19-/m1/s1. The number of carbonyl (C=O) groups is 4. The third-order valence-corrected chi connectivity index (χ3v) is 7.05. The summed E-state index contributed by atoms with van der Waals surface area (Å²) in [7, 11) is 1.25. The van der Waals surface area contributed by atoms with Gasteiger partial charge in [0.25, 0.3) is 11.8 Å². The summed E-state index contributed by atoms with van der Waals surface area (Å²) < 4.78 is 0. The molecule has 3 amide bonds. The summed E-state index contributed by atoms with van der Waals surface area (Å²) in [5.74, 6) is -2.20. The maximum absolute atomic E-state index is 12.9. The van der Waals surface area contributed by atoms with Crippen LogP contribution in [-0.4, -0.2) is 74.2 Å². The monoisotopic (exact) mass is 514 g/mol. The zero-order valence-electron chi connectivity index (χ0n) is 18.1. The van der Waals surface area contributed by atoms with E-state index < -0.39 is 29.2 Å². The fourth-order valence-electron chi connectivity index (χ4n) is 3.45. The topological polar surface area (TPSA) is 163 Å². The van der Waals surface area contributed by atoms with E-state index in [1.165, 1.54) is 29.2 Å². The second kappa shape index (κ2) is 10.5. The number of carbonyl (C=O) groups excluding carboxylic acids is 3. The van der Waals surface area contributed by atoms with Crippen LogP contribution in [-0.2, 0) is 24.0 Å². The van der Waals surface area contributed by atoms with Crippen molar-refractivity contribution in [1.82, 2.24) is 20.2 Å². The lowest BCUT2D eigenvalue weighted by Gasteiger charge is -2.49. The van der Waals surface area contributed by atoms with Gasteiger partial charge in [-0.1, -0.05) is 23.4 Å². The fraction of sp³-hybridized carbons (Fsp3) is 0.190. The summed E-state index contributed by atoms with van der Waals surface area (Å²) in [5.41, 5.74) is 1.09. The van der Waals surface area contributed by atoms with Crippen LogP contribution in [0.1, 0.15) is 11.3 Å². The molecular formula is C21H18N6O6S2. The molecule has 4 rings (SSSR count). The van der Waals surface area contributed by atoms with Crippen LogP contribution in [0.3, 0.4) is 0 Å². The van der Waals surface area contributed by atoms with Crippen LogP contribution in [0.15, 0.2) is 52.4 Å². The zero-order chi connectivity index (χ0) is 24.9. The van der Waals surface area contributed by atoms with Crippen molar-refractivity contribution in [2.24, 2.45) is 5.16 Å². The molecule has 14 heteroatoms. The number of oxime groups is 1. The largest absolute Gasteiger partial charge is 0.477 e. The number of fused-ring (bicyclic) bond motifs is 1. The average molecular weight is 515 g/mol. The minimum atomic E-state index is -1.24. The van der Waals surface area contributed by atoms with E-state index in [9.17, 15) is 24.3 Å². The second-order valence-electron chi connectivity index (χ2n) is 7.08. The van der Waals surface area contributed by atoms with Crippen LogP contribution in [0, 0.1) is 0 Å². The Labute approximate surface area is 206 Å². The highest BCUT2D eigenvalue weighted by molar-refractivity contribution is 8.00. The van der Waals surface area contributed by atoms with Crippen LogP contribution in [0.4, 0.5) is 5.13 Å². The van der Waals surface area contributed by atoms with Crippen molar-refractivity contribution in [2.45, 2.75) is 11.4 Å². The van der Waals surface area contributed by atoms with E-state index in [4.69, 9.17) is 4.84 Å². The van der Waals surface area contributed by atoms with Crippen LogP contribution in [0.2, 0.25) is 0 Å². The van der Waals surface area contributed by atoms with Crippen molar-refractivity contribution in [1.29, 1.82) is 0 Å². The van der Waals surface area contributed by atoms with Crippen molar-refractivity contribution in [3.05, 3.63) is 58.5 Å². The lowest BCUT2D eigenvalue weighted by molar-refractivity contribution is -0.150. The molecule has 2 aliphatic heterocycles. The lowest BCUT2D eigenvalue weighted by Crippen LogP contribution is -2.71. The van der Waals surface area contributed by atoms with Crippen molar-refractivity contribution >= 4 is 64.2 Å². The maximum atomic E-state index is 12.9. The number of pyridine rings is 1. The van der Waals surface area contributed by atoms with Gasteiger partial charge in [0, 0.05) is 23.5 Å². The summed E-state index contributed by atoms with van der Waals surface area (Å²) in [4.78, 5) is 62.4. The Hall–Kier alpha value is -4.04. The SMILES string of the molecule is CO/N=C(\C(=O)NC1C(=O)N2C(C(=O)O)=C(/C=C/c3cccnc3)CS[C@H]12)c1csc(NC=O)n1. The molecule has 1 unspecified atom stereocenters. The van der Waals surface area contributed by atoms with Crippen molar-refractivity contribution < 1.29 is 29.1 Å². The van der Waals surface area contributed by atoms with Gasteiger partial charge in [0.05, 0.1) is 0 Å². The molecule has 0 spiro atoms. The molecule has 12 nitrogen and oxygen atoms in total. The number of carboxylic acids is 1. The van der Waals surface area contributed by atoms with E-state index in [0.29, 0.717) is 17.7 Å². The van der Waals surface area contributed by atoms with Gasteiger partial charge in [-0.2, -0.15) is 0 Å². The predicted molar refractivity (Wildman–Crippen MR) is 128 cm³/mol. The first-order valence-corrected chi connectivity index (χ1v) is 11.9. The molecule has 1 fully saturated rings. The van der Waals surface area contributed by atoms with Gasteiger partial charge in [-0.15, -0.1) is 23.1 Å². The number of anilines is 1. The van der Waals surface area contributed by atoms with Gasteiger partial charge in [-0.3, -0.25) is 24.3 Å². The Kier molecular flexibility index (Phi) is 7.22. The Bertz CT molecular complexity index is 1260. The first-order chi connectivity index (χ1) is 16.9. The molecule has 3 N–H and O–H groups in total. The van der Waals surface area contributed by atoms with Crippen LogP contribution in [0.25, 0.3) is 6.08 Å². The second-order valence-corrected chi connectivity index (χ2v) is 9.05. The molecule has 0 aliphatic carbocycles. The summed E-state index contributed by atoms with van der Waals surface area (Å²) in [6.45, 7) is 0. The van der Waals surface area contributed by atoms with Gasteiger partial charge in [0.2, 0.25) is 6.41 Å². The normalized spacial score (nSPS) is 19.7. The molecule has 2 aliphatic rings. The summed E-state index contributed by atoms with van der Waals surface area (Å²) in [6, 6.07) is 2.62. The highest BCUT2D eigenvalue weighted by Crippen LogP contribution is 2.40. The summed E-state index contributed by atoms with van der Waals surface area (Å²) in [6.07, 6.45) is 7.09. The molecular weight excluding hydrogens is 496 g/mol. The molecule has 0 saturated carbocycles. The number of aliphatic carboxylic acids is 1. The van der Waals surface area contributed by atoms with Gasteiger partial charge in [-0.25, -0.2) is 9.78 Å². The number of allylic oxidation sites excluding steroid dienone is 1. The molecule has 0 bridgehead atoms. The minimum Gasteiger partial charge on any atom is -0.477 e. The molecule has 2 aromatic rings. The number of aromatic nitrogens is 2. The summed E-state index contributed by atoms with van der Waals surface area (Å²) in [5, 5.41) is 19.6. The molecule has 0 aromatic carbocycles. The summed E-state index contributed by atoms with van der Waals surface area (Å²) >= 11 is 2.41. The predicted octanol–water partition coefficient (Wildman–Crippen LogP) is 0.909.